The van der Waals surface area contributed by atoms with Crippen molar-refractivity contribution >= 4 is 17.3 Å². The molecule has 0 saturated heterocycles. The van der Waals surface area contributed by atoms with Crippen LogP contribution in [0.5, 0.6) is 0 Å². The van der Waals surface area contributed by atoms with E-state index in [1.54, 1.807) is 6.20 Å². The zero-order chi connectivity index (χ0) is 15.8. The van der Waals surface area contributed by atoms with Gasteiger partial charge < -0.3 is 11.1 Å². The minimum Gasteiger partial charge on any atom is -0.382 e. The molecule has 0 fully saturated rings. The molecule has 2 aromatic rings. The minimum absolute atomic E-state index is 0.167. The van der Waals surface area contributed by atoms with Gasteiger partial charge in [0, 0.05) is 6.54 Å². The van der Waals surface area contributed by atoms with Crippen LogP contribution in [-0.4, -0.2) is 22.9 Å². The van der Waals surface area contributed by atoms with E-state index in [4.69, 9.17) is 17.3 Å². The van der Waals surface area contributed by atoms with Gasteiger partial charge in [0.1, 0.15) is 5.02 Å². The summed E-state index contributed by atoms with van der Waals surface area (Å²) in [6.07, 6.45) is 5.89. The average Bonchev–Trinajstić information content (AvgIpc) is 2.55. The van der Waals surface area contributed by atoms with Gasteiger partial charge in [-0.2, -0.15) is 9.78 Å². The van der Waals surface area contributed by atoms with Gasteiger partial charge in [0.25, 0.3) is 5.56 Å². The number of nitrogens with one attached hydrogen (secondary N) is 1. The van der Waals surface area contributed by atoms with Crippen LogP contribution >= 0.6 is 11.6 Å². The van der Waals surface area contributed by atoms with Gasteiger partial charge in [0.15, 0.2) is 0 Å². The number of para-hydroxylation sites is 1. The van der Waals surface area contributed by atoms with Crippen molar-refractivity contribution in [3.63, 3.8) is 0 Å². The maximum Gasteiger partial charge on any atom is 0.292 e. The summed E-state index contributed by atoms with van der Waals surface area (Å²) in [5, 5.41) is 7.52. The second kappa shape index (κ2) is 8.56. The molecule has 1 aromatic carbocycles. The molecule has 1 aromatic heterocycles. The summed E-state index contributed by atoms with van der Waals surface area (Å²) in [7, 11) is 0. The second-order valence-electron chi connectivity index (χ2n) is 5.05. The van der Waals surface area contributed by atoms with Crippen molar-refractivity contribution in [1.29, 1.82) is 0 Å². The largest absolute Gasteiger partial charge is 0.382 e. The number of anilines is 1. The number of hydrogen-bond donors (Lipinski definition) is 2. The molecule has 0 saturated carbocycles. The van der Waals surface area contributed by atoms with Crippen molar-refractivity contribution in [2.24, 2.45) is 5.73 Å². The Morgan fingerprint density at radius 1 is 1.14 bits per heavy atom. The van der Waals surface area contributed by atoms with Crippen LogP contribution < -0.4 is 16.6 Å². The van der Waals surface area contributed by atoms with Gasteiger partial charge in [-0.15, -0.1) is 0 Å². The van der Waals surface area contributed by atoms with E-state index in [1.807, 2.05) is 30.3 Å². The van der Waals surface area contributed by atoms with Gasteiger partial charge in [-0.3, -0.25) is 4.79 Å². The molecule has 22 heavy (non-hydrogen) atoms. The number of unbranched alkanes of at least 4 members (excludes halogenated alkanes) is 3. The number of benzene rings is 1. The number of rotatable bonds is 8. The fraction of sp³-hybridized carbons (Fsp3) is 0.375. The Bertz CT molecular complexity index is 642. The molecule has 1 heterocycles. The molecule has 0 amide bonds. The van der Waals surface area contributed by atoms with E-state index in [-0.39, 0.29) is 10.6 Å². The highest BCUT2D eigenvalue weighted by atomic mass is 35.5. The Kier molecular flexibility index (Phi) is 6.43. The summed E-state index contributed by atoms with van der Waals surface area (Å²) < 4.78 is 1.30. The van der Waals surface area contributed by atoms with Crippen LogP contribution in [0.15, 0.2) is 41.3 Å². The Hall–Kier alpha value is -1.85. The zero-order valence-electron chi connectivity index (χ0n) is 12.5. The van der Waals surface area contributed by atoms with Crippen molar-refractivity contribution in [1.82, 2.24) is 9.78 Å². The molecule has 0 unspecified atom stereocenters. The average molecular weight is 321 g/mol. The fourth-order valence-corrected chi connectivity index (χ4v) is 2.35. The number of halogens is 1. The molecule has 0 aliphatic rings. The first-order valence-electron chi connectivity index (χ1n) is 7.51. The van der Waals surface area contributed by atoms with Crippen LogP contribution in [0.2, 0.25) is 5.02 Å². The first-order valence-corrected chi connectivity index (χ1v) is 7.89. The Balaban J connectivity index is 2.00. The molecule has 0 aliphatic carbocycles. The Morgan fingerprint density at radius 2 is 1.86 bits per heavy atom. The zero-order valence-corrected chi connectivity index (χ0v) is 13.2. The highest BCUT2D eigenvalue weighted by molar-refractivity contribution is 6.32. The lowest BCUT2D eigenvalue weighted by Crippen LogP contribution is -2.22. The van der Waals surface area contributed by atoms with Crippen LogP contribution in [0.25, 0.3) is 5.69 Å². The molecule has 2 rings (SSSR count). The van der Waals surface area contributed by atoms with Gasteiger partial charge in [-0.05, 0) is 31.5 Å². The lowest BCUT2D eigenvalue weighted by atomic mass is 10.2. The smallest absolute Gasteiger partial charge is 0.292 e. The summed E-state index contributed by atoms with van der Waals surface area (Å²) in [5.74, 6) is 0. The maximum atomic E-state index is 12.3. The molecule has 5 nitrogen and oxygen atoms in total. The van der Waals surface area contributed by atoms with Crippen LogP contribution in [0.3, 0.4) is 0 Å². The summed E-state index contributed by atoms with van der Waals surface area (Å²) in [6, 6.07) is 9.22. The summed E-state index contributed by atoms with van der Waals surface area (Å²) in [5.41, 5.74) is 6.41. The van der Waals surface area contributed by atoms with E-state index in [1.165, 1.54) is 4.68 Å². The Labute approximate surface area is 135 Å². The van der Waals surface area contributed by atoms with Crippen LogP contribution in [0.1, 0.15) is 25.7 Å². The normalized spacial score (nSPS) is 10.6. The highest BCUT2D eigenvalue weighted by Crippen LogP contribution is 2.16. The van der Waals surface area contributed by atoms with E-state index in [0.717, 1.165) is 38.8 Å². The van der Waals surface area contributed by atoms with Gasteiger partial charge in [0.2, 0.25) is 0 Å². The fourth-order valence-electron chi connectivity index (χ4n) is 2.16. The van der Waals surface area contributed by atoms with Crippen molar-refractivity contribution in [3.8, 4) is 5.69 Å². The second-order valence-corrected chi connectivity index (χ2v) is 5.43. The quantitative estimate of drug-likeness (QED) is 0.734. The summed E-state index contributed by atoms with van der Waals surface area (Å²) in [4.78, 5) is 12.3. The predicted octanol–water partition coefficient (Wildman–Crippen LogP) is 2.82. The maximum absolute atomic E-state index is 12.3. The lowest BCUT2D eigenvalue weighted by molar-refractivity contribution is 0.661. The number of hydrogen-bond acceptors (Lipinski definition) is 4. The van der Waals surface area contributed by atoms with E-state index < -0.39 is 0 Å². The predicted molar refractivity (Wildman–Crippen MR) is 90.9 cm³/mol. The van der Waals surface area contributed by atoms with E-state index in [9.17, 15) is 4.79 Å². The first kappa shape index (κ1) is 16.5. The number of nitrogens with two attached hydrogens (primary N) is 1. The van der Waals surface area contributed by atoms with Gasteiger partial charge in [-0.25, -0.2) is 0 Å². The standard InChI is InChI=1S/C16H21ClN4O/c17-15-14(19-11-7-2-1-6-10-18)12-20-21(16(15)22)13-8-4-3-5-9-13/h3-5,8-9,12,19H,1-2,6-7,10-11,18H2. The lowest BCUT2D eigenvalue weighted by Gasteiger charge is -2.10. The molecule has 3 N–H and O–H groups in total. The number of aromatic nitrogens is 2. The van der Waals surface area contributed by atoms with Crippen LogP contribution in [0.4, 0.5) is 5.69 Å². The molecular weight excluding hydrogens is 300 g/mol. The molecule has 0 bridgehead atoms. The molecule has 0 atom stereocenters. The Morgan fingerprint density at radius 3 is 2.59 bits per heavy atom. The monoisotopic (exact) mass is 320 g/mol. The molecule has 0 aliphatic heterocycles. The van der Waals surface area contributed by atoms with Crippen LogP contribution in [-0.2, 0) is 0 Å². The topological polar surface area (TPSA) is 72.9 Å². The summed E-state index contributed by atoms with van der Waals surface area (Å²) >= 11 is 6.16. The van der Waals surface area contributed by atoms with Crippen molar-refractivity contribution in [2.45, 2.75) is 25.7 Å². The molecule has 118 valence electrons. The van der Waals surface area contributed by atoms with Crippen LogP contribution in [0, 0.1) is 0 Å². The highest BCUT2D eigenvalue weighted by Gasteiger charge is 2.09. The van der Waals surface area contributed by atoms with Gasteiger partial charge in [0.05, 0.1) is 17.6 Å². The van der Waals surface area contributed by atoms with E-state index >= 15 is 0 Å². The molecular formula is C16H21ClN4O. The van der Waals surface area contributed by atoms with E-state index in [0.29, 0.717) is 11.4 Å². The van der Waals surface area contributed by atoms with E-state index in [2.05, 4.69) is 10.4 Å². The third-order valence-corrected chi connectivity index (χ3v) is 3.73. The summed E-state index contributed by atoms with van der Waals surface area (Å²) in [6.45, 7) is 1.50. The first-order chi connectivity index (χ1) is 10.7. The molecule has 0 radical (unpaired) electrons. The third kappa shape index (κ3) is 4.32. The molecule has 6 heteroatoms. The van der Waals surface area contributed by atoms with Gasteiger partial charge >= 0.3 is 0 Å². The van der Waals surface area contributed by atoms with Crippen molar-refractivity contribution < 1.29 is 0 Å². The third-order valence-electron chi connectivity index (χ3n) is 3.37. The molecule has 0 spiro atoms. The SMILES string of the molecule is NCCCCCCNc1cnn(-c2ccccc2)c(=O)c1Cl. The van der Waals surface area contributed by atoms with Crippen molar-refractivity contribution in [2.75, 3.05) is 18.4 Å². The number of nitrogens with zero attached hydrogens (tertiary/aromatic N) is 2. The van der Waals surface area contributed by atoms with Crippen molar-refractivity contribution in [3.05, 3.63) is 51.9 Å². The minimum atomic E-state index is -0.319. The van der Waals surface area contributed by atoms with Gasteiger partial charge in [-0.1, -0.05) is 42.6 Å².